The number of ether oxygens (including phenoxy) is 2. The van der Waals surface area contributed by atoms with Crippen molar-refractivity contribution in [1.82, 2.24) is 29.4 Å². The molecule has 0 N–H and O–H groups in total. The summed E-state index contributed by atoms with van der Waals surface area (Å²) >= 11 is 0. The lowest BCUT2D eigenvalue weighted by molar-refractivity contribution is -0.0369. The third-order valence-electron chi connectivity index (χ3n) is 5.49. The highest BCUT2D eigenvalue weighted by atomic mass is 32.2. The number of aromatic nitrogens is 6. The van der Waals surface area contributed by atoms with E-state index < -0.39 is 9.84 Å². The van der Waals surface area contributed by atoms with Crippen LogP contribution in [-0.2, 0) is 14.6 Å². The summed E-state index contributed by atoms with van der Waals surface area (Å²) in [6.07, 6.45) is 7.06. The second kappa shape index (κ2) is 7.82. The van der Waals surface area contributed by atoms with E-state index in [9.17, 15) is 8.42 Å². The monoisotopic (exact) mass is 456 g/mol. The summed E-state index contributed by atoms with van der Waals surface area (Å²) in [5.74, 6) is 0.706. The fraction of sp³-hybridized carbons (Fsp3) is 0.429. The van der Waals surface area contributed by atoms with E-state index in [1.807, 2.05) is 32.2 Å². The summed E-state index contributed by atoms with van der Waals surface area (Å²) in [4.78, 5) is 8.38. The van der Waals surface area contributed by atoms with Gasteiger partial charge < -0.3 is 9.47 Å². The van der Waals surface area contributed by atoms with Crippen LogP contribution in [0.15, 0.2) is 29.7 Å². The van der Waals surface area contributed by atoms with Gasteiger partial charge in [-0.15, -0.1) is 5.10 Å². The number of rotatable bonds is 5. The fourth-order valence-corrected chi connectivity index (χ4v) is 4.49. The largest absolute Gasteiger partial charge is 0.492 e. The van der Waals surface area contributed by atoms with Gasteiger partial charge in [0.25, 0.3) is 0 Å². The van der Waals surface area contributed by atoms with E-state index >= 15 is 0 Å². The molecule has 0 amide bonds. The highest BCUT2D eigenvalue weighted by Gasteiger charge is 2.27. The van der Waals surface area contributed by atoms with Crippen LogP contribution in [0, 0.1) is 6.92 Å². The number of aryl methyl sites for hydroxylation is 1. The molecule has 0 aromatic carbocycles. The molecule has 4 aromatic rings. The Morgan fingerprint density at radius 2 is 2.06 bits per heavy atom. The van der Waals surface area contributed by atoms with Crippen molar-refractivity contribution in [2.45, 2.75) is 44.5 Å². The van der Waals surface area contributed by atoms with Gasteiger partial charge >= 0.3 is 0 Å². The minimum Gasteiger partial charge on any atom is -0.492 e. The van der Waals surface area contributed by atoms with E-state index in [0.717, 1.165) is 42.0 Å². The summed E-state index contributed by atoms with van der Waals surface area (Å²) in [6.45, 7) is 4.98. The summed E-state index contributed by atoms with van der Waals surface area (Å²) in [6, 6.07) is 3.80. The Morgan fingerprint density at radius 3 is 2.78 bits per heavy atom. The topological polar surface area (TPSA) is 114 Å². The highest BCUT2D eigenvalue weighted by Crippen LogP contribution is 2.36. The Hall–Kier alpha value is -3.05. The maximum Gasteiger partial charge on any atom is 0.247 e. The lowest BCUT2D eigenvalue weighted by Crippen LogP contribution is -2.19. The Morgan fingerprint density at radius 1 is 1.22 bits per heavy atom. The molecule has 4 aromatic heterocycles. The highest BCUT2D eigenvalue weighted by molar-refractivity contribution is 7.90. The lowest BCUT2D eigenvalue weighted by Gasteiger charge is -2.22. The smallest absolute Gasteiger partial charge is 0.247 e. The molecule has 0 aliphatic carbocycles. The van der Waals surface area contributed by atoms with Gasteiger partial charge in [0.2, 0.25) is 15.0 Å². The predicted molar refractivity (Wildman–Crippen MR) is 117 cm³/mol. The molecule has 1 atom stereocenters. The number of hydrogen-bond donors (Lipinski definition) is 0. The Balaban J connectivity index is 1.79. The summed E-state index contributed by atoms with van der Waals surface area (Å²) < 4.78 is 39.4. The van der Waals surface area contributed by atoms with Gasteiger partial charge in [-0.25, -0.2) is 27.6 Å². The number of hydrogen-bond acceptors (Lipinski definition) is 8. The quantitative estimate of drug-likeness (QED) is 0.421. The number of sulfone groups is 1. The van der Waals surface area contributed by atoms with Crippen molar-refractivity contribution in [2.75, 3.05) is 19.5 Å². The van der Waals surface area contributed by atoms with Gasteiger partial charge in [0, 0.05) is 19.1 Å². The van der Waals surface area contributed by atoms with Gasteiger partial charge in [0.15, 0.2) is 11.9 Å². The molecule has 0 saturated carbocycles. The van der Waals surface area contributed by atoms with Gasteiger partial charge in [-0.05, 0) is 50.8 Å². The number of fused-ring (bicyclic) bond motifs is 3. The van der Waals surface area contributed by atoms with E-state index in [1.54, 1.807) is 9.20 Å². The van der Waals surface area contributed by atoms with Gasteiger partial charge in [0.1, 0.15) is 11.4 Å². The van der Waals surface area contributed by atoms with Gasteiger partial charge in [0.05, 0.1) is 29.4 Å². The molecular weight excluding hydrogens is 432 g/mol. The fourth-order valence-electron chi connectivity index (χ4n) is 3.99. The lowest BCUT2D eigenvalue weighted by atomic mass is 10.1. The van der Waals surface area contributed by atoms with Crippen LogP contribution < -0.4 is 4.74 Å². The van der Waals surface area contributed by atoms with Crippen LogP contribution in [0.25, 0.3) is 27.9 Å². The second-order valence-corrected chi connectivity index (χ2v) is 9.81. The van der Waals surface area contributed by atoms with Crippen LogP contribution >= 0.6 is 0 Å². The van der Waals surface area contributed by atoms with Crippen molar-refractivity contribution in [3.05, 3.63) is 30.1 Å². The normalized spacial score (nSPS) is 17.3. The SMILES string of the molecule is CCOc1ccc2c3c(-c4nc(S(C)(=O)=O)ncc4C)nn(C4CCCCO4)c3nn2c1. The van der Waals surface area contributed by atoms with E-state index in [4.69, 9.17) is 19.7 Å². The molecule has 1 unspecified atom stereocenters. The van der Waals surface area contributed by atoms with Crippen molar-refractivity contribution in [3.63, 3.8) is 0 Å². The molecule has 0 radical (unpaired) electrons. The molecule has 168 valence electrons. The first-order valence-electron chi connectivity index (χ1n) is 10.6. The Kier molecular flexibility index (Phi) is 5.09. The van der Waals surface area contributed by atoms with Crippen molar-refractivity contribution >= 4 is 26.4 Å². The summed E-state index contributed by atoms with van der Waals surface area (Å²) in [5, 5.41) is 10.2. The third-order valence-corrected chi connectivity index (χ3v) is 6.35. The average molecular weight is 457 g/mol. The number of nitrogens with zero attached hydrogens (tertiary/aromatic N) is 6. The molecule has 0 spiro atoms. The zero-order valence-corrected chi connectivity index (χ0v) is 19.0. The van der Waals surface area contributed by atoms with Crippen LogP contribution in [0.4, 0.5) is 0 Å². The van der Waals surface area contributed by atoms with Crippen molar-refractivity contribution < 1.29 is 17.9 Å². The Labute approximate surface area is 185 Å². The Bertz CT molecular complexity index is 1420. The predicted octanol–water partition coefficient (Wildman–Crippen LogP) is 2.95. The molecule has 32 heavy (non-hydrogen) atoms. The van der Waals surface area contributed by atoms with Crippen molar-refractivity contribution in [1.29, 1.82) is 0 Å². The minimum atomic E-state index is -3.58. The average Bonchev–Trinajstić information content (AvgIpc) is 3.31. The van der Waals surface area contributed by atoms with Crippen molar-refractivity contribution in [3.8, 4) is 17.1 Å². The van der Waals surface area contributed by atoms with Gasteiger partial charge in [-0.1, -0.05) is 0 Å². The minimum absolute atomic E-state index is 0.232. The first-order chi connectivity index (χ1) is 15.4. The molecule has 1 saturated heterocycles. The maximum atomic E-state index is 12.1. The molecule has 1 aliphatic heterocycles. The molecule has 0 bridgehead atoms. The van der Waals surface area contributed by atoms with Crippen molar-refractivity contribution in [2.24, 2.45) is 0 Å². The summed E-state index contributed by atoms with van der Waals surface area (Å²) in [5.41, 5.74) is 3.21. The first kappa shape index (κ1) is 20.8. The molecule has 5 heterocycles. The molecule has 11 heteroatoms. The van der Waals surface area contributed by atoms with E-state index in [1.165, 1.54) is 6.20 Å². The standard InChI is InChI=1S/C21H24N6O4S/c1-4-30-14-8-9-15-17-19(18-13(2)11-22-21(23-18)32(3,28)29)24-27(16-7-5-6-10-31-16)20(17)25-26(15)12-14/h8-9,11-12,16H,4-7,10H2,1-3H3. The van der Waals surface area contributed by atoms with Crippen LogP contribution in [0.1, 0.15) is 38.0 Å². The van der Waals surface area contributed by atoms with E-state index in [2.05, 4.69) is 9.97 Å². The maximum absolute atomic E-state index is 12.1. The van der Waals surface area contributed by atoms with E-state index in [-0.39, 0.29) is 11.4 Å². The molecule has 1 fully saturated rings. The molecular formula is C21H24N6O4S. The van der Waals surface area contributed by atoms with Crippen LogP contribution in [0.5, 0.6) is 5.75 Å². The second-order valence-electron chi connectivity index (χ2n) is 7.90. The zero-order chi connectivity index (χ0) is 22.5. The third kappa shape index (κ3) is 3.51. The van der Waals surface area contributed by atoms with Gasteiger partial charge in [-0.2, -0.15) is 5.10 Å². The zero-order valence-electron chi connectivity index (χ0n) is 18.1. The van der Waals surface area contributed by atoms with Gasteiger partial charge in [-0.3, -0.25) is 0 Å². The van der Waals surface area contributed by atoms with Crippen LogP contribution in [-0.4, -0.2) is 57.2 Å². The molecule has 10 nitrogen and oxygen atoms in total. The van der Waals surface area contributed by atoms with Crippen LogP contribution in [0.3, 0.4) is 0 Å². The molecule has 5 rings (SSSR count). The van der Waals surface area contributed by atoms with Crippen LogP contribution in [0.2, 0.25) is 0 Å². The van der Waals surface area contributed by atoms with E-state index in [0.29, 0.717) is 36.0 Å². The number of pyridine rings is 1. The molecule has 1 aliphatic rings. The summed E-state index contributed by atoms with van der Waals surface area (Å²) in [7, 11) is -3.58. The first-order valence-corrected chi connectivity index (χ1v) is 12.4.